The van der Waals surface area contributed by atoms with Crippen molar-refractivity contribution in [1.82, 2.24) is 0 Å². The van der Waals surface area contributed by atoms with Crippen molar-refractivity contribution in [3.63, 3.8) is 0 Å². The fourth-order valence-electron chi connectivity index (χ4n) is 1.90. The van der Waals surface area contributed by atoms with Crippen LogP contribution in [0.3, 0.4) is 0 Å². The molecule has 0 radical (unpaired) electrons. The fourth-order valence-corrected chi connectivity index (χ4v) is 2.64. The van der Waals surface area contributed by atoms with E-state index in [0.717, 1.165) is 25.8 Å². The van der Waals surface area contributed by atoms with Crippen LogP contribution < -0.4 is 5.32 Å². The number of carbonyl (C=O) groups is 1. The van der Waals surface area contributed by atoms with Gasteiger partial charge in [0.15, 0.2) is 0 Å². The summed E-state index contributed by atoms with van der Waals surface area (Å²) in [6.45, 7) is 2.37. The van der Waals surface area contributed by atoms with Crippen LogP contribution in [0.15, 0.2) is 51.4 Å². The summed E-state index contributed by atoms with van der Waals surface area (Å²) in [6.07, 6.45) is 0. The number of rotatable bonds is 5. The largest absolute Gasteiger partial charge is 0.481 e. The van der Waals surface area contributed by atoms with E-state index in [9.17, 15) is 4.79 Å². The second-order valence-corrected chi connectivity index (χ2v) is 6.55. The van der Waals surface area contributed by atoms with Crippen molar-refractivity contribution in [1.29, 1.82) is 0 Å². The van der Waals surface area contributed by atoms with Crippen LogP contribution in [-0.2, 0) is 11.3 Å². The van der Waals surface area contributed by atoms with Crippen LogP contribution in [0.2, 0.25) is 0 Å². The molecule has 2 N–H and O–H groups in total. The topological polar surface area (TPSA) is 49.3 Å². The average molecular weight is 413 g/mol. The summed E-state index contributed by atoms with van der Waals surface area (Å²) in [4.78, 5) is 10.9. The number of anilines is 1. The Bertz CT molecular complexity index is 641. The van der Waals surface area contributed by atoms with Gasteiger partial charge in [-0.05, 0) is 52.2 Å². The van der Waals surface area contributed by atoms with Gasteiger partial charge < -0.3 is 10.4 Å². The number of carboxylic acid groups (broad SMARTS) is 1. The zero-order valence-electron chi connectivity index (χ0n) is 11.4. The summed E-state index contributed by atoms with van der Waals surface area (Å²) in [5, 5.41) is 12.3. The van der Waals surface area contributed by atoms with E-state index >= 15 is 0 Å². The van der Waals surface area contributed by atoms with Gasteiger partial charge >= 0.3 is 5.97 Å². The van der Waals surface area contributed by atoms with Gasteiger partial charge in [-0.25, -0.2) is 0 Å². The van der Waals surface area contributed by atoms with Crippen LogP contribution in [0.4, 0.5) is 5.69 Å². The molecule has 1 atom stereocenters. The number of carboxylic acids is 1. The van der Waals surface area contributed by atoms with E-state index in [-0.39, 0.29) is 0 Å². The van der Waals surface area contributed by atoms with E-state index in [1.165, 1.54) is 0 Å². The van der Waals surface area contributed by atoms with Crippen molar-refractivity contribution in [3.05, 3.63) is 62.5 Å². The zero-order valence-corrected chi connectivity index (χ0v) is 14.6. The number of benzene rings is 2. The minimum Gasteiger partial charge on any atom is -0.481 e. The Labute approximate surface area is 140 Å². The Morgan fingerprint density at radius 3 is 2.48 bits per heavy atom. The van der Waals surface area contributed by atoms with Crippen LogP contribution in [0.25, 0.3) is 0 Å². The highest BCUT2D eigenvalue weighted by molar-refractivity contribution is 9.11. The number of nitrogens with one attached hydrogen (secondary N) is 1. The monoisotopic (exact) mass is 411 g/mol. The third-order valence-corrected chi connectivity index (χ3v) is 4.45. The van der Waals surface area contributed by atoms with E-state index in [2.05, 4.69) is 37.2 Å². The van der Waals surface area contributed by atoms with Crippen LogP contribution in [0.5, 0.6) is 0 Å². The van der Waals surface area contributed by atoms with Crippen molar-refractivity contribution >= 4 is 43.5 Å². The first kappa shape index (κ1) is 16.0. The van der Waals surface area contributed by atoms with Gasteiger partial charge in [0.2, 0.25) is 0 Å². The van der Waals surface area contributed by atoms with E-state index < -0.39 is 11.9 Å². The van der Waals surface area contributed by atoms with Crippen molar-refractivity contribution in [2.45, 2.75) is 19.4 Å². The summed E-state index contributed by atoms with van der Waals surface area (Å²) in [5.41, 5.74) is 2.92. The van der Waals surface area contributed by atoms with Crippen LogP contribution in [0, 0.1) is 0 Å². The minimum atomic E-state index is -0.807. The lowest BCUT2D eigenvalue weighted by Gasteiger charge is -2.11. The van der Waals surface area contributed by atoms with E-state index in [0.29, 0.717) is 6.54 Å². The molecule has 0 saturated heterocycles. The molecule has 0 aliphatic rings. The molecular formula is C16H15Br2NO2. The van der Waals surface area contributed by atoms with Crippen molar-refractivity contribution in [2.75, 3.05) is 5.32 Å². The molecule has 2 aromatic rings. The SMILES string of the molecule is CC(C(=O)O)c1ccc(CNc2cc(Br)ccc2Br)cc1. The predicted octanol–water partition coefficient (Wildman–Crippen LogP) is 5.01. The summed E-state index contributed by atoms with van der Waals surface area (Å²) in [6, 6.07) is 13.6. The smallest absolute Gasteiger partial charge is 0.310 e. The van der Waals surface area contributed by atoms with Gasteiger partial charge in [-0.15, -0.1) is 0 Å². The summed E-state index contributed by atoms with van der Waals surface area (Å²) < 4.78 is 2.01. The molecule has 110 valence electrons. The average Bonchev–Trinajstić information content (AvgIpc) is 2.48. The standard InChI is InChI=1S/C16H15Br2NO2/c1-10(16(20)21)12-4-2-11(3-5-12)9-19-15-8-13(17)6-7-14(15)18/h2-8,10,19H,9H2,1H3,(H,20,21). The Morgan fingerprint density at radius 1 is 1.19 bits per heavy atom. The molecule has 0 heterocycles. The fraction of sp³-hybridized carbons (Fsp3) is 0.188. The highest BCUT2D eigenvalue weighted by Gasteiger charge is 2.12. The highest BCUT2D eigenvalue weighted by atomic mass is 79.9. The highest BCUT2D eigenvalue weighted by Crippen LogP contribution is 2.26. The minimum absolute atomic E-state index is 0.480. The first-order chi connectivity index (χ1) is 9.97. The molecule has 3 nitrogen and oxygen atoms in total. The Morgan fingerprint density at radius 2 is 1.86 bits per heavy atom. The van der Waals surface area contributed by atoms with Crippen molar-refractivity contribution < 1.29 is 9.90 Å². The second kappa shape index (κ2) is 7.09. The van der Waals surface area contributed by atoms with Gasteiger partial charge in [0, 0.05) is 21.2 Å². The maximum Gasteiger partial charge on any atom is 0.310 e. The quantitative estimate of drug-likeness (QED) is 0.725. The van der Waals surface area contributed by atoms with E-state index in [1.807, 2.05) is 42.5 Å². The Hall–Kier alpha value is -1.33. The molecular weight excluding hydrogens is 398 g/mol. The molecule has 2 aromatic carbocycles. The van der Waals surface area contributed by atoms with Crippen LogP contribution >= 0.6 is 31.9 Å². The van der Waals surface area contributed by atoms with Crippen molar-refractivity contribution in [3.8, 4) is 0 Å². The number of aliphatic carboxylic acids is 1. The number of hydrogen-bond donors (Lipinski definition) is 2. The second-order valence-electron chi connectivity index (χ2n) is 4.78. The van der Waals surface area contributed by atoms with E-state index in [4.69, 9.17) is 5.11 Å². The lowest BCUT2D eigenvalue weighted by atomic mass is 10.00. The normalized spacial score (nSPS) is 12.0. The van der Waals surface area contributed by atoms with Gasteiger partial charge in [-0.1, -0.05) is 40.2 Å². The molecule has 0 saturated carbocycles. The van der Waals surface area contributed by atoms with Gasteiger partial charge in [0.05, 0.1) is 5.92 Å². The molecule has 0 fully saturated rings. The Kier molecular flexibility index (Phi) is 5.42. The van der Waals surface area contributed by atoms with Gasteiger partial charge in [0.25, 0.3) is 0 Å². The number of halogens is 2. The maximum atomic E-state index is 10.9. The van der Waals surface area contributed by atoms with Gasteiger partial charge in [0.1, 0.15) is 0 Å². The van der Waals surface area contributed by atoms with Crippen LogP contribution in [0.1, 0.15) is 24.0 Å². The molecule has 0 aromatic heterocycles. The molecule has 21 heavy (non-hydrogen) atoms. The molecule has 5 heteroatoms. The molecule has 0 aliphatic carbocycles. The first-order valence-corrected chi connectivity index (χ1v) is 8.06. The van der Waals surface area contributed by atoms with Gasteiger partial charge in [-0.3, -0.25) is 4.79 Å². The summed E-state index contributed by atoms with van der Waals surface area (Å²) >= 11 is 6.95. The van der Waals surface area contributed by atoms with Crippen molar-refractivity contribution in [2.24, 2.45) is 0 Å². The molecule has 2 rings (SSSR count). The summed E-state index contributed by atoms with van der Waals surface area (Å²) in [5.74, 6) is -1.29. The predicted molar refractivity (Wildman–Crippen MR) is 91.7 cm³/mol. The first-order valence-electron chi connectivity index (χ1n) is 6.48. The zero-order chi connectivity index (χ0) is 15.4. The molecule has 1 unspecified atom stereocenters. The third kappa shape index (κ3) is 4.32. The van der Waals surface area contributed by atoms with E-state index in [1.54, 1.807) is 6.92 Å². The summed E-state index contributed by atoms with van der Waals surface area (Å²) in [7, 11) is 0. The maximum absolute atomic E-state index is 10.9. The Balaban J connectivity index is 2.04. The molecule has 0 spiro atoms. The molecule has 0 aliphatic heterocycles. The van der Waals surface area contributed by atoms with Crippen LogP contribution in [-0.4, -0.2) is 11.1 Å². The lowest BCUT2D eigenvalue weighted by molar-refractivity contribution is -0.138. The molecule has 0 amide bonds. The molecule has 0 bridgehead atoms. The third-order valence-electron chi connectivity index (χ3n) is 3.26. The lowest BCUT2D eigenvalue weighted by Crippen LogP contribution is -2.07. The number of hydrogen-bond acceptors (Lipinski definition) is 2. The van der Waals surface area contributed by atoms with Gasteiger partial charge in [-0.2, -0.15) is 0 Å².